The van der Waals surface area contributed by atoms with E-state index in [1.54, 1.807) is 29.8 Å². The van der Waals surface area contributed by atoms with Crippen LogP contribution in [0, 0.1) is 25.6 Å². The van der Waals surface area contributed by atoms with E-state index in [0.29, 0.717) is 18.9 Å². The minimum atomic E-state index is -0.297. The zero-order chi connectivity index (χ0) is 21.1. The van der Waals surface area contributed by atoms with Gasteiger partial charge >= 0.3 is 0 Å². The summed E-state index contributed by atoms with van der Waals surface area (Å²) in [7, 11) is 0. The van der Waals surface area contributed by atoms with Crippen molar-refractivity contribution < 1.29 is 13.9 Å². The number of halogens is 1. The van der Waals surface area contributed by atoms with Crippen molar-refractivity contribution in [2.45, 2.75) is 26.7 Å². The molecule has 6 nitrogen and oxygen atoms in total. The molecule has 0 saturated carbocycles. The Bertz CT molecular complexity index is 1030. The number of nitrogens with one attached hydrogen (secondary N) is 1. The van der Waals surface area contributed by atoms with Gasteiger partial charge in [-0.05, 0) is 56.5 Å². The molecule has 1 N–H and O–H groups in total. The average Bonchev–Trinajstić information content (AvgIpc) is 3.06. The van der Waals surface area contributed by atoms with Gasteiger partial charge in [0.1, 0.15) is 35.1 Å². The number of amides is 1. The quantitative estimate of drug-likeness (QED) is 0.604. The van der Waals surface area contributed by atoms with E-state index in [2.05, 4.69) is 34.0 Å². The van der Waals surface area contributed by atoms with Crippen molar-refractivity contribution in [3.05, 3.63) is 46.9 Å². The Morgan fingerprint density at radius 1 is 1.23 bits per heavy atom. The van der Waals surface area contributed by atoms with E-state index in [1.807, 2.05) is 0 Å². The third kappa shape index (κ3) is 4.38. The van der Waals surface area contributed by atoms with Crippen molar-refractivity contribution in [3.8, 4) is 5.75 Å². The minimum Gasteiger partial charge on any atom is -0.492 e. The summed E-state index contributed by atoms with van der Waals surface area (Å²) in [5.41, 5.74) is 1.24. The molecule has 2 aromatic heterocycles. The highest BCUT2D eigenvalue weighted by atomic mass is 32.1. The third-order valence-electron chi connectivity index (χ3n) is 5.59. The van der Waals surface area contributed by atoms with E-state index < -0.39 is 0 Å². The summed E-state index contributed by atoms with van der Waals surface area (Å²) in [6.07, 6.45) is 3.21. The van der Waals surface area contributed by atoms with Crippen LogP contribution in [0.25, 0.3) is 10.2 Å². The lowest BCUT2D eigenvalue weighted by molar-refractivity contribution is -0.125. The van der Waals surface area contributed by atoms with Crippen molar-refractivity contribution in [1.29, 1.82) is 0 Å². The molecule has 30 heavy (non-hydrogen) atoms. The van der Waals surface area contributed by atoms with Gasteiger partial charge in [0.25, 0.3) is 0 Å². The summed E-state index contributed by atoms with van der Waals surface area (Å²) in [5, 5.41) is 4.09. The maximum atomic E-state index is 12.9. The first kappa shape index (κ1) is 20.5. The van der Waals surface area contributed by atoms with Crippen molar-refractivity contribution in [1.82, 2.24) is 15.3 Å². The SMILES string of the molecule is Cc1sc2ncnc(N3CCC(C(=O)NCCOc4ccc(F)cc4)CC3)c2c1C. The topological polar surface area (TPSA) is 67.4 Å². The maximum Gasteiger partial charge on any atom is 0.223 e. The van der Waals surface area contributed by atoms with Crippen LogP contribution in [0.2, 0.25) is 0 Å². The van der Waals surface area contributed by atoms with Crippen LogP contribution < -0.4 is 15.0 Å². The molecule has 1 aromatic carbocycles. The van der Waals surface area contributed by atoms with E-state index in [-0.39, 0.29) is 17.6 Å². The number of fused-ring (bicyclic) bond motifs is 1. The molecule has 0 aliphatic carbocycles. The first-order valence-corrected chi connectivity index (χ1v) is 11.0. The number of carbonyl (C=O) groups excluding carboxylic acids is 1. The fourth-order valence-corrected chi connectivity index (χ4v) is 4.77. The molecule has 3 aromatic rings. The Kier molecular flexibility index (Phi) is 6.13. The number of aryl methyl sites for hydroxylation is 2. The number of benzene rings is 1. The van der Waals surface area contributed by atoms with Crippen LogP contribution in [0.4, 0.5) is 10.2 Å². The second kappa shape index (κ2) is 8.95. The van der Waals surface area contributed by atoms with E-state index in [4.69, 9.17) is 4.74 Å². The van der Waals surface area contributed by atoms with Gasteiger partial charge in [0, 0.05) is 23.9 Å². The van der Waals surface area contributed by atoms with Gasteiger partial charge in [0.05, 0.1) is 11.9 Å². The molecule has 4 rings (SSSR count). The standard InChI is InChI=1S/C22H25FN4O2S/c1-14-15(2)30-22-19(14)20(25-13-26-22)27-10-7-16(8-11-27)21(28)24-9-12-29-18-5-3-17(23)4-6-18/h3-6,13,16H,7-12H2,1-2H3,(H,24,28). The number of hydrogen-bond acceptors (Lipinski definition) is 6. The van der Waals surface area contributed by atoms with Crippen LogP contribution in [0.5, 0.6) is 5.75 Å². The second-order valence-corrected chi connectivity index (χ2v) is 8.72. The van der Waals surface area contributed by atoms with Gasteiger partial charge in [-0.1, -0.05) is 0 Å². The number of piperidine rings is 1. The summed E-state index contributed by atoms with van der Waals surface area (Å²) in [6, 6.07) is 5.86. The Morgan fingerprint density at radius 3 is 2.70 bits per heavy atom. The van der Waals surface area contributed by atoms with Crippen LogP contribution in [-0.4, -0.2) is 42.1 Å². The highest BCUT2D eigenvalue weighted by molar-refractivity contribution is 7.18. The monoisotopic (exact) mass is 428 g/mol. The van der Waals surface area contributed by atoms with Crippen molar-refractivity contribution in [2.24, 2.45) is 5.92 Å². The molecule has 1 amide bonds. The average molecular weight is 429 g/mol. The summed E-state index contributed by atoms with van der Waals surface area (Å²) in [4.78, 5) is 26.0. The van der Waals surface area contributed by atoms with Crippen molar-refractivity contribution >= 4 is 33.3 Å². The molecule has 3 heterocycles. The van der Waals surface area contributed by atoms with Crippen LogP contribution >= 0.6 is 11.3 Å². The van der Waals surface area contributed by atoms with Crippen molar-refractivity contribution in [3.63, 3.8) is 0 Å². The Balaban J connectivity index is 1.27. The predicted octanol–water partition coefficient (Wildman–Crippen LogP) is 3.86. The van der Waals surface area contributed by atoms with E-state index in [1.165, 1.54) is 22.6 Å². The third-order valence-corrected chi connectivity index (χ3v) is 6.71. The molecule has 1 fully saturated rings. The molecule has 8 heteroatoms. The van der Waals surface area contributed by atoms with E-state index in [9.17, 15) is 9.18 Å². The number of aromatic nitrogens is 2. The Hall–Kier alpha value is -2.74. The molecule has 0 unspecified atom stereocenters. The smallest absolute Gasteiger partial charge is 0.223 e. The number of carbonyl (C=O) groups is 1. The number of nitrogens with zero attached hydrogens (tertiary/aromatic N) is 3. The molecule has 158 valence electrons. The Labute approximate surface area is 179 Å². The first-order valence-electron chi connectivity index (χ1n) is 10.1. The highest BCUT2D eigenvalue weighted by Crippen LogP contribution is 2.35. The van der Waals surface area contributed by atoms with Gasteiger partial charge in [-0.3, -0.25) is 4.79 Å². The van der Waals surface area contributed by atoms with Gasteiger partial charge in [-0.15, -0.1) is 11.3 Å². The lowest BCUT2D eigenvalue weighted by atomic mass is 9.95. The normalized spacial score (nSPS) is 14.8. The fraction of sp³-hybridized carbons (Fsp3) is 0.409. The fourth-order valence-electron chi connectivity index (χ4n) is 3.78. The van der Waals surface area contributed by atoms with Crippen molar-refractivity contribution in [2.75, 3.05) is 31.1 Å². The molecule has 0 atom stereocenters. The number of hydrogen-bond donors (Lipinski definition) is 1. The highest BCUT2D eigenvalue weighted by Gasteiger charge is 2.27. The van der Waals surface area contributed by atoms with Gasteiger partial charge in [-0.25, -0.2) is 14.4 Å². The molecular weight excluding hydrogens is 403 g/mol. The van der Waals surface area contributed by atoms with Crippen LogP contribution in [0.3, 0.4) is 0 Å². The molecule has 1 aliphatic heterocycles. The second-order valence-electron chi connectivity index (χ2n) is 7.52. The zero-order valence-electron chi connectivity index (χ0n) is 17.2. The number of rotatable bonds is 6. The van der Waals surface area contributed by atoms with Crippen LogP contribution in [0.1, 0.15) is 23.3 Å². The van der Waals surface area contributed by atoms with Gasteiger partial charge in [-0.2, -0.15) is 0 Å². The molecule has 0 radical (unpaired) electrons. The van der Waals surface area contributed by atoms with Crippen LogP contribution in [0.15, 0.2) is 30.6 Å². The van der Waals surface area contributed by atoms with E-state index >= 15 is 0 Å². The predicted molar refractivity (Wildman–Crippen MR) is 117 cm³/mol. The van der Waals surface area contributed by atoms with E-state index in [0.717, 1.165) is 42.0 Å². The molecular formula is C22H25FN4O2S. The lowest BCUT2D eigenvalue weighted by Gasteiger charge is -2.32. The maximum absolute atomic E-state index is 12.9. The zero-order valence-corrected chi connectivity index (χ0v) is 18.0. The van der Waals surface area contributed by atoms with Gasteiger partial charge in [0.2, 0.25) is 5.91 Å². The Morgan fingerprint density at radius 2 is 1.97 bits per heavy atom. The van der Waals surface area contributed by atoms with Gasteiger partial charge < -0.3 is 15.0 Å². The summed E-state index contributed by atoms with van der Waals surface area (Å²) >= 11 is 1.70. The molecule has 1 aliphatic rings. The van der Waals surface area contributed by atoms with Gasteiger partial charge in [0.15, 0.2) is 0 Å². The number of ether oxygens (including phenoxy) is 1. The number of anilines is 1. The summed E-state index contributed by atoms with van der Waals surface area (Å²) in [5.74, 6) is 1.33. The first-order chi connectivity index (χ1) is 14.5. The van der Waals surface area contributed by atoms with Crippen LogP contribution in [-0.2, 0) is 4.79 Å². The summed E-state index contributed by atoms with van der Waals surface area (Å²) in [6.45, 7) is 6.61. The lowest BCUT2D eigenvalue weighted by Crippen LogP contribution is -2.41. The molecule has 1 saturated heterocycles. The number of thiophene rings is 1. The molecule has 0 spiro atoms. The molecule has 0 bridgehead atoms. The summed E-state index contributed by atoms with van der Waals surface area (Å²) < 4.78 is 18.4. The minimum absolute atomic E-state index is 0.00490. The largest absolute Gasteiger partial charge is 0.492 e.